The fraction of sp³-hybridized carbons (Fsp3) is 0.516. The van der Waals surface area contributed by atoms with Gasteiger partial charge in [0.25, 0.3) is 0 Å². The minimum atomic E-state index is 0.0186. The van der Waals surface area contributed by atoms with E-state index in [0.29, 0.717) is 5.92 Å². The van der Waals surface area contributed by atoms with Crippen LogP contribution in [0.3, 0.4) is 0 Å². The molecule has 1 saturated heterocycles. The zero-order valence-corrected chi connectivity index (χ0v) is 24.4. The highest BCUT2D eigenvalue weighted by molar-refractivity contribution is 5.96. The van der Waals surface area contributed by atoms with Crippen molar-refractivity contribution in [1.29, 1.82) is 0 Å². The first-order valence-corrected chi connectivity index (χ1v) is 14.2. The lowest BCUT2D eigenvalue weighted by Crippen LogP contribution is -2.50. The summed E-state index contributed by atoms with van der Waals surface area (Å²) in [5.41, 5.74) is 6.98. The molecule has 1 atom stereocenters. The van der Waals surface area contributed by atoms with E-state index < -0.39 is 0 Å². The van der Waals surface area contributed by atoms with Gasteiger partial charge in [-0.2, -0.15) is 5.10 Å². The number of aromatic nitrogens is 5. The van der Waals surface area contributed by atoms with E-state index in [2.05, 4.69) is 86.9 Å². The summed E-state index contributed by atoms with van der Waals surface area (Å²) in [6.45, 7) is 14.7. The topological polar surface area (TPSA) is 75.1 Å². The predicted octanol–water partition coefficient (Wildman–Crippen LogP) is 5.60. The fourth-order valence-electron chi connectivity index (χ4n) is 6.53. The Kier molecular flexibility index (Phi) is 6.41. The number of aromatic amines is 1. The average molecular weight is 528 g/mol. The van der Waals surface area contributed by atoms with Gasteiger partial charge in [-0.15, -0.1) is 0 Å². The highest BCUT2D eigenvalue weighted by Gasteiger charge is 2.38. The van der Waals surface area contributed by atoms with Crippen LogP contribution in [0.25, 0.3) is 22.3 Å². The number of rotatable bonds is 5. The van der Waals surface area contributed by atoms with Gasteiger partial charge in [-0.25, -0.2) is 9.97 Å². The molecule has 39 heavy (non-hydrogen) atoms. The number of H-pyrrole nitrogens is 1. The molecule has 8 nitrogen and oxygen atoms in total. The molecule has 1 N–H and O–H groups in total. The van der Waals surface area contributed by atoms with Crippen molar-refractivity contribution >= 4 is 22.5 Å². The second-order valence-corrected chi connectivity index (χ2v) is 12.3. The second kappa shape index (κ2) is 9.66. The number of hydrogen-bond acceptors (Lipinski definition) is 6. The number of fused-ring (bicyclic) bond motifs is 2. The molecule has 3 aromatic heterocycles. The van der Waals surface area contributed by atoms with Crippen LogP contribution in [0.15, 0.2) is 30.5 Å². The van der Waals surface area contributed by atoms with E-state index in [4.69, 9.17) is 19.8 Å². The molecule has 1 fully saturated rings. The number of nitrogens with zero attached hydrogens (tertiary/aromatic N) is 6. The van der Waals surface area contributed by atoms with E-state index >= 15 is 0 Å². The first-order valence-electron chi connectivity index (χ1n) is 14.2. The van der Waals surface area contributed by atoms with Crippen LogP contribution in [0.2, 0.25) is 0 Å². The van der Waals surface area contributed by atoms with E-state index in [1.165, 1.54) is 16.5 Å². The van der Waals surface area contributed by atoms with Crippen LogP contribution in [0.5, 0.6) is 0 Å². The molecule has 0 bridgehead atoms. The Bertz CT molecular complexity index is 1510. The molecular formula is C31H41N7O. The Balaban J connectivity index is 1.46. The Morgan fingerprint density at radius 1 is 1.13 bits per heavy atom. The Labute approximate surface area is 231 Å². The van der Waals surface area contributed by atoms with Gasteiger partial charge >= 0.3 is 0 Å². The maximum absolute atomic E-state index is 5.88. The van der Waals surface area contributed by atoms with Gasteiger partial charge in [-0.1, -0.05) is 39.8 Å². The van der Waals surface area contributed by atoms with Crippen LogP contribution in [0, 0.1) is 12.3 Å². The van der Waals surface area contributed by atoms with Gasteiger partial charge in [0.15, 0.2) is 5.82 Å². The van der Waals surface area contributed by atoms with Crippen LogP contribution < -0.4 is 9.80 Å². The molecule has 0 radical (unpaired) electrons. The third-order valence-electron chi connectivity index (χ3n) is 8.69. The van der Waals surface area contributed by atoms with Gasteiger partial charge in [0, 0.05) is 86.5 Å². The fourth-order valence-corrected chi connectivity index (χ4v) is 6.53. The SMILES string of the molecule is COC1CCN(c2nc(-c3cccc4[nH]cc(C)c34)nc3c2CN(c2cc(C(C)C)nn2C)CC3)CC1(C)C. The van der Waals surface area contributed by atoms with E-state index in [1.54, 1.807) is 0 Å². The number of aryl methyl sites for hydroxylation is 2. The van der Waals surface area contributed by atoms with Gasteiger partial charge in [-0.3, -0.25) is 4.68 Å². The van der Waals surface area contributed by atoms with Crippen molar-refractivity contribution in [2.24, 2.45) is 12.5 Å². The van der Waals surface area contributed by atoms with Crippen LogP contribution in [0.4, 0.5) is 11.6 Å². The monoisotopic (exact) mass is 527 g/mol. The minimum Gasteiger partial charge on any atom is -0.381 e. The van der Waals surface area contributed by atoms with Gasteiger partial charge in [0.2, 0.25) is 0 Å². The lowest BCUT2D eigenvalue weighted by molar-refractivity contribution is -0.00647. The summed E-state index contributed by atoms with van der Waals surface area (Å²) in [6, 6.07) is 8.63. The maximum atomic E-state index is 5.88. The third-order valence-corrected chi connectivity index (χ3v) is 8.69. The van der Waals surface area contributed by atoms with E-state index in [9.17, 15) is 0 Å². The number of methoxy groups -OCH3 is 1. The van der Waals surface area contributed by atoms with Crippen LogP contribution in [-0.4, -0.2) is 57.6 Å². The van der Waals surface area contributed by atoms with Crippen molar-refractivity contribution in [2.75, 3.05) is 36.5 Å². The van der Waals surface area contributed by atoms with E-state index in [0.717, 1.165) is 78.9 Å². The molecule has 8 heteroatoms. The summed E-state index contributed by atoms with van der Waals surface area (Å²) < 4.78 is 7.90. The average Bonchev–Trinajstić information content (AvgIpc) is 3.50. The summed E-state index contributed by atoms with van der Waals surface area (Å²) >= 11 is 0. The third kappa shape index (κ3) is 4.48. The number of ether oxygens (including phenoxy) is 1. The Hall–Kier alpha value is -3.39. The van der Waals surface area contributed by atoms with Gasteiger partial charge in [0.05, 0.1) is 17.5 Å². The van der Waals surface area contributed by atoms with Crippen molar-refractivity contribution in [3.8, 4) is 11.4 Å². The molecule has 5 heterocycles. The Morgan fingerprint density at radius 2 is 1.95 bits per heavy atom. The summed E-state index contributed by atoms with van der Waals surface area (Å²) in [5, 5.41) is 6.00. The molecule has 2 aliphatic heterocycles. The van der Waals surface area contributed by atoms with E-state index in [-0.39, 0.29) is 11.5 Å². The van der Waals surface area contributed by atoms with E-state index in [1.807, 2.05) is 11.8 Å². The zero-order chi connectivity index (χ0) is 27.5. The minimum absolute atomic E-state index is 0.0186. The smallest absolute Gasteiger partial charge is 0.162 e. The van der Waals surface area contributed by atoms with Crippen molar-refractivity contribution in [3.63, 3.8) is 0 Å². The molecule has 0 saturated carbocycles. The van der Waals surface area contributed by atoms with Gasteiger partial charge in [-0.05, 0) is 30.9 Å². The van der Waals surface area contributed by atoms with Crippen molar-refractivity contribution < 1.29 is 4.74 Å². The first-order chi connectivity index (χ1) is 18.7. The highest BCUT2D eigenvalue weighted by atomic mass is 16.5. The summed E-state index contributed by atoms with van der Waals surface area (Å²) in [7, 11) is 3.89. The largest absolute Gasteiger partial charge is 0.381 e. The molecule has 1 unspecified atom stereocenters. The molecule has 0 amide bonds. The number of hydrogen-bond donors (Lipinski definition) is 1. The molecule has 206 valence electrons. The van der Waals surface area contributed by atoms with Crippen LogP contribution in [0.1, 0.15) is 62.5 Å². The van der Waals surface area contributed by atoms with Gasteiger partial charge in [0.1, 0.15) is 11.6 Å². The molecule has 0 aliphatic carbocycles. The Morgan fingerprint density at radius 3 is 2.67 bits per heavy atom. The number of nitrogens with one attached hydrogen (secondary N) is 1. The quantitative estimate of drug-likeness (QED) is 0.364. The molecule has 4 aromatic rings. The second-order valence-electron chi connectivity index (χ2n) is 12.3. The summed E-state index contributed by atoms with van der Waals surface area (Å²) in [5.74, 6) is 3.44. The lowest BCUT2D eigenvalue weighted by atomic mass is 9.81. The normalized spacial score (nSPS) is 19.2. The standard InChI is InChI=1S/C31H41N7O/c1-19(2)25-15-27(36(6)35-25)37-13-11-23-22(17-37)30(38-14-12-26(39-7)31(4,5)18-38)34-29(33-23)21-9-8-10-24-28(21)20(3)16-32-24/h8-10,15-16,19,26,32H,11-14,17-18H2,1-7H3. The van der Waals surface area contributed by atoms with Crippen LogP contribution in [-0.2, 0) is 24.8 Å². The molecule has 2 aliphatic rings. The van der Waals surface area contributed by atoms with Crippen molar-refractivity contribution in [1.82, 2.24) is 24.7 Å². The lowest BCUT2D eigenvalue weighted by Gasteiger charge is -2.45. The number of benzene rings is 1. The van der Waals surface area contributed by atoms with Crippen molar-refractivity contribution in [2.45, 2.75) is 66.0 Å². The summed E-state index contributed by atoms with van der Waals surface area (Å²) in [4.78, 5) is 18.9. The first kappa shape index (κ1) is 25.9. The molecule has 0 spiro atoms. The summed E-state index contributed by atoms with van der Waals surface area (Å²) in [6.07, 6.45) is 4.17. The van der Waals surface area contributed by atoms with Gasteiger partial charge < -0.3 is 19.5 Å². The molecular weight excluding hydrogens is 486 g/mol. The van der Waals surface area contributed by atoms with Crippen LogP contribution >= 0.6 is 0 Å². The number of anilines is 2. The predicted molar refractivity (Wildman–Crippen MR) is 158 cm³/mol. The zero-order valence-electron chi connectivity index (χ0n) is 24.4. The molecule has 6 rings (SSSR count). The van der Waals surface area contributed by atoms with Crippen molar-refractivity contribution in [3.05, 3.63) is 53.0 Å². The number of piperidine rings is 1. The highest BCUT2D eigenvalue weighted by Crippen LogP contribution is 2.39. The maximum Gasteiger partial charge on any atom is 0.162 e. The molecule has 1 aromatic carbocycles.